The standard InChI is InChI=1S/C17H17N3O2/c1-3-22-14-10-5-4-8-12(14)16-18-17(20-19-16)13-9-6-7-11(2)15(13)21/h4-10,21H,3H2,1-2H3,(H,18,19,20). The van der Waals surface area contributed by atoms with Gasteiger partial charge in [-0.15, -0.1) is 0 Å². The summed E-state index contributed by atoms with van der Waals surface area (Å²) in [5.74, 6) is 2.02. The van der Waals surface area contributed by atoms with Crippen LogP contribution in [0.1, 0.15) is 12.5 Å². The molecule has 0 atom stereocenters. The molecule has 0 bridgehead atoms. The number of rotatable bonds is 4. The molecule has 0 radical (unpaired) electrons. The number of H-pyrrole nitrogens is 1. The molecule has 1 aromatic heterocycles. The Morgan fingerprint density at radius 1 is 1.09 bits per heavy atom. The molecule has 0 spiro atoms. The topological polar surface area (TPSA) is 71.0 Å². The molecule has 5 heteroatoms. The molecule has 112 valence electrons. The summed E-state index contributed by atoms with van der Waals surface area (Å²) in [6.45, 7) is 4.36. The number of para-hydroxylation sites is 2. The van der Waals surface area contributed by atoms with Crippen LogP contribution in [0, 0.1) is 6.92 Å². The monoisotopic (exact) mass is 295 g/mol. The van der Waals surface area contributed by atoms with E-state index >= 15 is 0 Å². The van der Waals surface area contributed by atoms with Gasteiger partial charge in [0.05, 0.1) is 17.7 Å². The Morgan fingerprint density at radius 2 is 1.86 bits per heavy atom. The highest BCUT2D eigenvalue weighted by Gasteiger charge is 2.14. The van der Waals surface area contributed by atoms with Crippen LogP contribution in [0.25, 0.3) is 22.8 Å². The third-order valence-electron chi connectivity index (χ3n) is 3.41. The molecule has 5 nitrogen and oxygen atoms in total. The first-order chi connectivity index (χ1) is 10.7. The highest BCUT2D eigenvalue weighted by Crippen LogP contribution is 2.32. The highest BCUT2D eigenvalue weighted by atomic mass is 16.5. The van der Waals surface area contributed by atoms with Gasteiger partial charge in [0.25, 0.3) is 0 Å². The molecule has 0 saturated heterocycles. The fourth-order valence-corrected chi connectivity index (χ4v) is 2.29. The van der Waals surface area contributed by atoms with E-state index in [2.05, 4.69) is 15.2 Å². The second kappa shape index (κ2) is 5.89. The number of hydrogen-bond donors (Lipinski definition) is 2. The van der Waals surface area contributed by atoms with Crippen LogP contribution in [-0.4, -0.2) is 26.9 Å². The summed E-state index contributed by atoms with van der Waals surface area (Å²) < 4.78 is 5.61. The van der Waals surface area contributed by atoms with E-state index in [0.29, 0.717) is 23.8 Å². The summed E-state index contributed by atoms with van der Waals surface area (Å²) in [7, 11) is 0. The molecule has 0 saturated carbocycles. The Labute approximate surface area is 128 Å². The smallest absolute Gasteiger partial charge is 0.185 e. The average molecular weight is 295 g/mol. The lowest BCUT2D eigenvalue weighted by molar-refractivity contribution is 0.341. The van der Waals surface area contributed by atoms with Gasteiger partial charge in [0, 0.05) is 0 Å². The van der Waals surface area contributed by atoms with Crippen molar-refractivity contribution in [3.63, 3.8) is 0 Å². The van der Waals surface area contributed by atoms with Crippen molar-refractivity contribution >= 4 is 0 Å². The summed E-state index contributed by atoms with van der Waals surface area (Å²) in [5.41, 5.74) is 2.25. The average Bonchev–Trinajstić information content (AvgIpc) is 3.00. The van der Waals surface area contributed by atoms with Gasteiger partial charge < -0.3 is 9.84 Å². The van der Waals surface area contributed by atoms with Crippen LogP contribution in [0.5, 0.6) is 11.5 Å². The van der Waals surface area contributed by atoms with E-state index in [9.17, 15) is 5.11 Å². The summed E-state index contributed by atoms with van der Waals surface area (Å²) in [5, 5.41) is 17.3. The Balaban J connectivity index is 2.03. The quantitative estimate of drug-likeness (QED) is 0.772. The number of aromatic amines is 1. The summed E-state index contributed by atoms with van der Waals surface area (Å²) in [6.07, 6.45) is 0. The molecule has 0 unspecified atom stereocenters. The van der Waals surface area contributed by atoms with Gasteiger partial charge in [-0.3, -0.25) is 5.10 Å². The van der Waals surface area contributed by atoms with E-state index in [0.717, 1.165) is 16.9 Å². The second-order valence-corrected chi connectivity index (χ2v) is 4.91. The third kappa shape index (κ3) is 2.53. The zero-order chi connectivity index (χ0) is 15.5. The maximum Gasteiger partial charge on any atom is 0.185 e. The van der Waals surface area contributed by atoms with Crippen molar-refractivity contribution in [2.45, 2.75) is 13.8 Å². The molecule has 0 fully saturated rings. The van der Waals surface area contributed by atoms with Crippen LogP contribution >= 0.6 is 0 Å². The predicted molar refractivity (Wildman–Crippen MR) is 84.8 cm³/mol. The summed E-state index contributed by atoms with van der Waals surface area (Å²) >= 11 is 0. The second-order valence-electron chi connectivity index (χ2n) is 4.91. The molecule has 0 aliphatic carbocycles. The maximum atomic E-state index is 10.2. The zero-order valence-electron chi connectivity index (χ0n) is 12.5. The number of phenols is 1. The van der Waals surface area contributed by atoms with E-state index in [4.69, 9.17) is 4.74 Å². The number of nitrogens with zero attached hydrogens (tertiary/aromatic N) is 2. The number of benzene rings is 2. The van der Waals surface area contributed by atoms with E-state index in [-0.39, 0.29) is 5.75 Å². The minimum absolute atomic E-state index is 0.211. The van der Waals surface area contributed by atoms with Gasteiger partial charge in [-0.2, -0.15) is 5.10 Å². The lowest BCUT2D eigenvalue weighted by Crippen LogP contribution is -1.94. The fourth-order valence-electron chi connectivity index (χ4n) is 2.29. The lowest BCUT2D eigenvalue weighted by atomic mass is 10.1. The lowest BCUT2D eigenvalue weighted by Gasteiger charge is -2.06. The highest BCUT2D eigenvalue weighted by molar-refractivity contribution is 5.70. The Morgan fingerprint density at radius 3 is 2.68 bits per heavy atom. The number of aromatic nitrogens is 3. The third-order valence-corrected chi connectivity index (χ3v) is 3.41. The van der Waals surface area contributed by atoms with Crippen LogP contribution in [0.4, 0.5) is 0 Å². The van der Waals surface area contributed by atoms with E-state index in [1.807, 2.05) is 50.2 Å². The molecule has 0 aliphatic rings. The molecule has 3 aromatic rings. The van der Waals surface area contributed by atoms with Gasteiger partial charge in [-0.1, -0.05) is 24.3 Å². The van der Waals surface area contributed by atoms with Gasteiger partial charge in [0.1, 0.15) is 11.5 Å². The molecule has 22 heavy (non-hydrogen) atoms. The van der Waals surface area contributed by atoms with E-state index in [1.54, 1.807) is 6.07 Å². The Kier molecular flexibility index (Phi) is 3.78. The summed E-state index contributed by atoms with van der Waals surface area (Å²) in [6, 6.07) is 13.2. The molecule has 0 aliphatic heterocycles. The van der Waals surface area contributed by atoms with Crippen molar-refractivity contribution in [1.29, 1.82) is 0 Å². The van der Waals surface area contributed by atoms with Gasteiger partial charge in [-0.05, 0) is 37.6 Å². The number of nitrogens with one attached hydrogen (secondary N) is 1. The largest absolute Gasteiger partial charge is 0.507 e. The molecule has 0 amide bonds. The molecular weight excluding hydrogens is 278 g/mol. The molecular formula is C17H17N3O2. The van der Waals surface area contributed by atoms with Crippen molar-refractivity contribution in [2.75, 3.05) is 6.61 Å². The minimum Gasteiger partial charge on any atom is -0.507 e. The first-order valence-corrected chi connectivity index (χ1v) is 7.14. The van der Waals surface area contributed by atoms with Gasteiger partial charge in [0.2, 0.25) is 0 Å². The SMILES string of the molecule is CCOc1ccccc1-c1n[nH]c(-c2cccc(C)c2O)n1. The van der Waals surface area contributed by atoms with E-state index < -0.39 is 0 Å². The summed E-state index contributed by atoms with van der Waals surface area (Å²) in [4.78, 5) is 4.49. The number of hydrogen-bond acceptors (Lipinski definition) is 4. The Hall–Kier alpha value is -2.82. The van der Waals surface area contributed by atoms with Crippen LogP contribution < -0.4 is 4.74 Å². The van der Waals surface area contributed by atoms with Crippen molar-refractivity contribution in [1.82, 2.24) is 15.2 Å². The number of ether oxygens (including phenoxy) is 1. The first kappa shape index (κ1) is 14.1. The molecule has 2 aromatic carbocycles. The van der Waals surface area contributed by atoms with Crippen LogP contribution in [0.3, 0.4) is 0 Å². The predicted octanol–water partition coefficient (Wildman–Crippen LogP) is 3.55. The Bertz CT molecular complexity index is 796. The van der Waals surface area contributed by atoms with Crippen LogP contribution in [0.15, 0.2) is 42.5 Å². The van der Waals surface area contributed by atoms with Crippen molar-refractivity contribution in [3.8, 4) is 34.3 Å². The zero-order valence-corrected chi connectivity index (χ0v) is 12.5. The van der Waals surface area contributed by atoms with Crippen LogP contribution in [0.2, 0.25) is 0 Å². The van der Waals surface area contributed by atoms with Crippen molar-refractivity contribution in [2.24, 2.45) is 0 Å². The number of aryl methyl sites for hydroxylation is 1. The van der Waals surface area contributed by atoms with Gasteiger partial charge in [0.15, 0.2) is 11.6 Å². The normalized spacial score (nSPS) is 10.6. The van der Waals surface area contributed by atoms with Crippen LogP contribution in [-0.2, 0) is 0 Å². The number of aromatic hydroxyl groups is 1. The van der Waals surface area contributed by atoms with E-state index in [1.165, 1.54) is 0 Å². The van der Waals surface area contributed by atoms with Crippen molar-refractivity contribution < 1.29 is 9.84 Å². The first-order valence-electron chi connectivity index (χ1n) is 7.14. The van der Waals surface area contributed by atoms with Gasteiger partial charge >= 0.3 is 0 Å². The maximum absolute atomic E-state index is 10.2. The molecule has 1 heterocycles. The fraction of sp³-hybridized carbons (Fsp3) is 0.176. The van der Waals surface area contributed by atoms with Crippen molar-refractivity contribution in [3.05, 3.63) is 48.0 Å². The molecule has 2 N–H and O–H groups in total. The number of phenolic OH excluding ortho intramolecular Hbond substituents is 1. The van der Waals surface area contributed by atoms with Gasteiger partial charge in [-0.25, -0.2) is 4.98 Å². The minimum atomic E-state index is 0.211. The molecule has 3 rings (SSSR count).